The number of carbonyl (C=O) groups is 1. The summed E-state index contributed by atoms with van der Waals surface area (Å²) in [6.45, 7) is 1.58. The van der Waals surface area contributed by atoms with Crippen LogP contribution in [0.2, 0.25) is 0 Å². The summed E-state index contributed by atoms with van der Waals surface area (Å²) in [5, 5.41) is 15.1. The Morgan fingerprint density at radius 3 is 2.69 bits per heavy atom. The minimum Gasteiger partial charge on any atom is -0.493 e. The van der Waals surface area contributed by atoms with E-state index in [1.54, 1.807) is 25.1 Å². The number of thiophene rings is 1. The molecule has 1 atom stereocenters. The molecular formula is C22H19NO5S. The van der Waals surface area contributed by atoms with Crippen molar-refractivity contribution in [2.75, 3.05) is 13.7 Å². The third-order valence-electron chi connectivity index (χ3n) is 4.74. The molecule has 0 saturated heterocycles. The number of hydrogen-bond donors (Lipinski definition) is 2. The highest BCUT2D eigenvalue weighted by Gasteiger charge is 2.27. The molecule has 0 aliphatic carbocycles. The zero-order chi connectivity index (χ0) is 20.6. The van der Waals surface area contributed by atoms with E-state index in [0.29, 0.717) is 11.1 Å². The lowest BCUT2D eigenvalue weighted by atomic mass is 10.0. The molecule has 2 heterocycles. The van der Waals surface area contributed by atoms with Gasteiger partial charge in [-0.2, -0.15) is 0 Å². The molecular weight excluding hydrogens is 390 g/mol. The second-order valence-corrected chi connectivity index (χ2v) is 8.01. The maximum absolute atomic E-state index is 12.6. The summed E-state index contributed by atoms with van der Waals surface area (Å²) in [7, 11) is 1.48. The number of aliphatic hydroxyl groups is 1. The Bertz CT molecular complexity index is 1240. The summed E-state index contributed by atoms with van der Waals surface area (Å²) in [5.41, 5.74) is -1.88. The van der Waals surface area contributed by atoms with Gasteiger partial charge in [-0.1, -0.05) is 30.3 Å². The molecule has 0 saturated carbocycles. The van der Waals surface area contributed by atoms with Crippen molar-refractivity contribution < 1.29 is 19.1 Å². The number of ether oxygens (including phenoxy) is 1. The van der Waals surface area contributed by atoms with E-state index in [4.69, 9.17) is 9.15 Å². The maximum Gasteiger partial charge on any atom is 0.349 e. The van der Waals surface area contributed by atoms with Crippen LogP contribution in [0.4, 0.5) is 0 Å². The fourth-order valence-corrected chi connectivity index (χ4v) is 4.23. The Kier molecular flexibility index (Phi) is 4.86. The van der Waals surface area contributed by atoms with Crippen molar-refractivity contribution in [3.8, 4) is 5.75 Å². The normalized spacial score (nSPS) is 13.3. The van der Waals surface area contributed by atoms with Crippen LogP contribution in [0, 0.1) is 0 Å². The summed E-state index contributed by atoms with van der Waals surface area (Å²) >= 11 is 1.47. The molecule has 2 aromatic heterocycles. The number of methoxy groups -OCH3 is 1. The Labute approximate surface area is 170 Å². The standard InChI is InChI=1S/C22H19NO5S/c1-22(26,18-11-13-6-3-4-9-17(13)29-18)12-23-20(24)15-10-14-7-5-8-16(27-2)19(14)28-21(15)25/h3-11,26H,12H2,1-2H3,(H,23,24). The van der Waals surface area contributed by atoms with E-state index < -0.39 is 17.1 Å². The third kappa shape index (κ3) is 3.62. The van der Waals surface area contributed by atoms with Gasteiger partial charge in [-0.25, -0.2) is 4.79 Å². The highest BCUT2D eigenvalue weighted by Crippen LogP contribution is 2.33. The molecule has 0 spiro atoms. The number of carbonyl (C=O) groups excluding carboxylic acids is 1. The highest BCUT2D eigenvalue weighted by molar-refractivity contribution is 7.19. The first kappa shape index (κ1) is 19.2. The smallest absolute Gasteiger partial charge is 0.349 e. The predicted molar refractivity (Wildman–Crippen MR) is 113 cm³/mol. The number of para-hydroxylation sites is 1. The van der Waals surface area contributed by atoms with Gasteiger partial charge in [0.1, 0.15) is 11.2 Å². The number of nitrogens with one attached hydrogen (secondary N) is 1. The Morgan fingerprint density at radius 2 is 1.93 bits per heavy atom. The SMILES string of the molecule is COc1cccc2cc(C(=O)NCC(C)(O)c3cc4ccccc4s3)c(=O)oc12. The molecule has 1 amide bonds. The van der Waals surface area contributed by atoms with E-state index in [0.717, 1.165) is 15.0 Å². The lowest BCUT2D eigenvalue weighted by Gasteiger charge is -2.22. The van der Waals surface area contributed by atoms with Gasteiger partial charge >= 0.3 is 5.63 Å². The molecule has 2 aromatic carbocycles. The average molecular weight is 409 g/mol. The van der Waals surface area contributed by atoms with Crippen LogP contribution in [0.3, 0.4) is 0 Å². The van der Waals surface area contributed by atoms with E-state index in [9.17, 15) is 14.7 Å². The van der Waals surface area contributed by atoms with Gasteiger partial charge in [0.05, 0.1) is 13.7 Å². The van der Waals surface area contributed by atoms with Crippen molar-refractivity contribution in [3.63, 3.8) is 0 Å². The number of rotatable bonds is 5. The van der Waals surface area contributed by atoms with Gasteiger partial charge in [0.15, 0.2) is 11.3 Å². The lowest BCUT2D eigenvalue weighted by Crippen LogP contribution is -2.39. The van der Waals surface area contributed by atoms with E-state index >= 15 is 0 Å². The van der Waals surface area contributed by atoms with Crippen LogP contribution in [0.5, 0.6) is 5.75 Å². The molecule has 4 rings (SSSR count). The first-order chi connectivity index (χ1) is 13.9. The van der Waals surface area contributed by atoms with Crippen LogP contribution in [-0.2, 0) is 5.60 Å². The summed E-state index contributed by atoms with van der Waals surface area (Å²) in [5.74, 6) is -0.191. The molecule has 0 radical (unpaired) electrons. The first-order valence-electron chi connectivity index (χ1n) is 8.99. The zero-order valence-corrected chi connectivity index (χ0v) is 16.7. The minimum atomic E-state index is -1.28. The molecule has 0 bridgehead atoms. The minimum absolute atomic E-state index is 0.0474. The molecule has 0 aliphatic heterocycles. The van der Waals surface area contributed by atoms with Crippen molar-refractivity contribution in [3.05, 3.63) is 75.5 Å². The summed E-state index contributed by atoms with van der Waals surface area (Å²) in [6, 6.07) is 16.3. The van der Waals surface area contributed by atoms with Crippen molar-refractivity contribution in [1.82, 2.24) is 5.32 Å². The highest BCUT2D eigenvalue weighted by atomic mass is 32.1. The van der Waals surface area contributed by atoms with Crippen molar-refractivity contribution in [1.29, 1.82) is 0 Å². The monoisotopic (exact) mass is 409 g/mol. The molecule has 1 unspecified atom stereocenters. The van der Waals surface area contributed by atoms with Gasteiger partial charge in [-0.15, -0.1) is 11.3 Å². The van der Waals surface area contributed by atoms with Crippen LogP contribution in [-0.4, -0.2) is 24.7 Å². The number of hydrogen-bond acceptors (Lipinski definition) is 6. The van der Waals surface area contributed by atoms with Gasteiger partial charge in [-0.05, 0) is 36.6 Å². The summed E-state index contributed by atoms with van der Waals surface area (Å²) in [4.78, 5) is 25.6. The maximum atomic E-state index is 12.6. The van der Waals surface area contributed by atoms with Gasteiger partial charge < -0.3 is 19.6 Å². The molecule has 6 nitrogen and oxygen atoms in total. The first-order valence-corrected chi connectivity index (χ1v) is 9.81. The zero-order valence-electron chi connectivity index (χ0n) is 15.9. The molecule has 7 heteroatoms. The van der Waals surface area contributed by atoms with Gasteiger partial charge in [-0.3, -0.25) is 4.79 Å². The Hall–Kier alpha value is -3.16. The Balaban J connectivity index is 1.57. The third-order valence-corrected chi connectivity index (χ3v) is 6.11. The van der Waals surface area contributed by atoms with Gasteiger partial charge in [0.2, 0.25) is 0 Å². The van der Waals surface area contributed by atoms with E-state index in [2.05, 4.69) is 5.32 Å². The summed E-state index contributed by atoms with van der Waals surface area (Å²) < 4.78 is 11.5. The van der Waals surface area contributed by atoms with Crippen molar-refractivity contribution in [2.24, 2.45) is 0 Å². The molecule has 0 fully saturated rings. The molecule has 29 heavy (non-hydrogen) atoms. The quantitative estimate of drug-likeness (QED) is 0.491. The lowest BCUT2D eigenvalue weighted by molar-refractivity contribution is 0.0556. The molecule has 0 aliphatic rings. The largest absolute Gasteiger partial charge is 0.493 e. The second-order valence-electron chi connectivity index (χ2n) is 6.93. The second kappa shape index (κ2) is 7.35. The number of fused-ring (bicyclic) bond motifs is 2. The van der Waals surface area contributed by atoms with Crippen LogP contribution >= 0.6 is 11.3 Å². The van der Waals surface area contributed by atoms with Gasteiger partial charge in [0, 0.05) is 15.0 Å². The average Bonchev–Trinajstić information content (AvgIpc) is 3.16. The number of benzene rings is 2. The van der Waals surface area contributed by atoms with Crippen LogP contribution in [0.25, 0.3) is 21.1 Å². The number of amides is 1. The fraction of sp³-hybridized carbons (Fsp3) is 0.182. The van der Waals surface area contributed by atoms with E-state index in [1.165, 1.54) is 24.5 Å². The van der Waals surface area contributed by atoms with Crippen LogP contribution in [0.15, 0.2) is 63.8 Å². The molecule has 148 valence electrons. The van der Waals surface area contributed by atoms with E-state index in [1.807, 2.05) is 30.3 Å². The van der Waals surface area contributed by atoms with E-state index in [-0.39, 0.29) is 17.7 Å². The fourth-order valence-electron chi connectivity index (χ4n) is 3.12. The Morgan fingerprint density at radius 1 is 1.17 bits per heavy atom. The molecule has 4 aromatic rings. The summed E-state index contributed by atoms with van der Waals surface area (Å²) in [6.07, 6.45) is 0. The van der Waals surface area contributed by atoms with Crippen LogP contribution < -0.4 is 15.7 Å². The van der Waals surface area contributed by atoms with Gasteiger partial charge in [0.25, 0.3) is 5.91 Å². The van der Waals surface area contributed by atoms with Crippen molar-refractivity contribution in [2.45, 2.75) is 12.5 Å². The topological polar surface area (TPSA) is 88.8 Å². The predicted octanol–water partition coefficient (Wildman–Crippen LogP) is 3.65. The molecule has 2 N–H and O–H groups in total. The van der Waals surface area contributed by atoms with Crippen LogP contribution in [0.1, 0.15) is 22.2 Å². The van der Waals surface area contributed by atoms with Crippen molar-refractivity contribution >= 4 is 38.3 Å².